The van der Waals surface area contributed by atoms with Gasteiger partial charge in [0.05, 0.1) is 0 Å². The van der Waals surface area contributed by atoms with Crippen LogP contribution in [0.15, 0.2) is 24.3 Å². The molecule has 0 amide bonds. The molecule has 0 aromatic heterocycles. The van der Waals surface area contributed by atoms with Gasteiger partial charge < -0.3 is 5.32 Å². The molecule has 1 saturated carbocycles. The van der Waals surface area contributed by atoms with Crippen molar-refractivity contribution in [2.24, 2.45) is 5.92 Å². The van der Waals surface area contributed by atoms with E-state index in [-0.39, 0.29) is 0 Å². The van der Waals surface area contributed by atoms with Crippen molar-refractivity contribution in [3.63, 3.8) is 0 Å². The van der Waals surface area contributed by atoms with Crippen molar-refractivity contribution in [3.8, 4) is 0 Å². The van der Waals surface area contributed by atoms with Gasteiger partial charge in [-0.1, -0.05) is 58.4 Å². The fourth-order valence-corrected chi connectivity index (χ4v) is 2.98. The number of hydrogen-bond donors (Lipinski definition) is 1. The van der Waals surface area contributed by atoms with E-state index < -0.39 is 0 Å². The molecule has 1 fully saturated rings. The largest absolute Gasteiger partial charge is 0.310 e. The van der Waals surface area contributed by atoms with E-state index in [2.05, 4.69) is 57.3 Å². The van der Waals surface area contributed by atoms with E-state index in [4.69, 9.17) is 0 Å². The second kappa shape index (κ2) is 6.76. The first-order valence-electron chi connectivity index (χ1n) is 8.42. The Morgan fingerprint density at radius 3 is 2.25 bits per heavy atom. The van der Waals surface area contributed by atoms with Crippen LogP contribution < -0.4 is 5.32 Å². The molecule has 20 heavy (non-hydrogen) atoms. The molecule has 0 bridgehead atoms. The van der Waals surface area contributed by atoms with Crippen molar-refractivity contribution in [1.29, 1.82) is 0 Å². The lowest BCUT2D eigenvalue weighted by molar-refractivity contribution is 0.231. The topological polar surface area (TPSA) is 12.0 Å². The lowest BCUT2D eigenvalue weighted by Crippen LogP contribution is -2.32. The van der Waals surface area contributed by atoms with Gasteiger partial charge in [-0.05, 0) is 54.7 Å². The molecule has 1 aromatic carbocycles. The monoisotopic (exact) mass is 273 g/mol. The predicted molar refractivity (Wildman–Crippen MR) is 88.1 cm³/mol. The zero-order valence-corrected chi connectivity index (χ0v) is 13.7. The van der Waals surface area contributed by atoms with E-state index in [1.807, 2.05) is 0 Å². The maximum Gasteiger partial charge on any atom is 0.0348 e. The summed E-state index contributed by atoms with van der Waals surface area (Å²) in [5, 5.41) is 3.76. The third-order valence-corrected chi connectivity index (χ3v) is 5.17. The van der Waals surface area contributed by atoms with Gasteiger partial charge >= 0.3 is 0 Å². The van der Waals surface area contributed by atoms with Crippen LogP contribution >= 0.6 is 0 Å². The minimum atomic E-state index is 0.293. The minimum Gasteiger partial charge on any atom is -0.310 e. The molecule has 0 radical (unpaired) electrons. The Bertz CT molecular complexity index is 400. The van der Waals surface area contributed by atoms with Crippen LogP contribution in [0.2, 0.25) is 0 Å². The van der Waals surface area contributed by atoms with Crippen LogP contribution in [0.5, 0.6) is 0 Å². The van der Waals surface area contributed by atoms with Crippen molar-refractivity contribution in [1.82, 2.24) is 5.32 Å². The fraction of sp³-hybridized carbons (Fsp3) is 0.684. The first kappa shape index (κ1) is 15.6. The third-order valence-electron chi connectivity index (χ3n) is 5.17. The molecule has 112 valence electrons. The van der Waals surface area contributed by atoms with Crippen LogP contribution in [0.1, 0.15) is 77.0 Å². The van der Waals surface area contributed by atoms with Crippen LogP contribution in [0.25, 0.3) is 0 Å². The van der Waals surface area contributed by atoms with Crippen molar-refractivity contribution >= 4 is 0 Å². The Morgan fingerprint density at radius 1 is 1.15 bits per heavy atom. The van der Waals surface area contributed by atoms with Crippen LogP contribution in [0.3, 0.4) is 0 Å². The van der Waals surface area contributed by atoms with Crippen molar-refractivity contribution in [2.75, 3.05) is 6.54 Å². The molecule has 0 spiro atoms. The first-order valence-corrected chi connectivity index (χ1v) is 8.42. The maximum absolute atomic E-state index is 3.76. The Labute approximate surface area is 125 Å². The summed E-state index contributed by atoms with van der Waals surface area (Å²) in [6, 6.07) is 9.98. The van der Waals surface area contributed by atoms with Crippen LogP contribution in [0, 0.1) is 5.92 Å². The molecule has 1 unspecified atom stereocenters. The molecule has 1 aromatic rings. The second-order valence-corrected chi connectivity index (χ2v) is 6.98. The second-order valence-electron chi connectivity index (χ2n) is 6.98. The number of benzene rings is 1. The van der Waals surface area contributed by atoms with Gasteiger partial charge in [0, 0.05) is 6.04 Å². The Balaban J connectivity index is 2.13. The Hall–Kier alpha value is -0.820. The van der Waals surface area contributed by atoms with Crippen molar-refractivity contribution in [3.05, 3.63) is 35.4 Å². The molecule has 0 aliphatic heterocycles. The molecule has 1 atom stereocenters. The highest BCUT2D eigenvalue weighted by Crippen LogP contribution is 2.38. The standard InChI is InChI=1S/C19H31N/c1-5-14-20-18(15-8-7-9-15)16-10-12-17(13-11-16)19(3,4)6-2/h10-13,15,18,20H,5-9,14H2,1-4H3. The molecule has 1 nitrogen and oxygen atoms in total. The quantitative estimate of drug-likeness (QED) is 0.718. The lowest BCUT2D eigenvalue weighted by atomic mass is 9.76. The highest BCUT2D eigenvalue weighted by atomic mass is 14.9. The van der Waals surface area contributed by atoms with Gasteiger partial charge in [-0.15, -0.1) is 0 Å². The van der Waals surface area contributed by atoms with E-state index in [1.54, 1.807) is 0 Å². The smallest absolute Gasteiger partial charge is 0.0348 e. The van der Waals surface area contributed by atoms with Gasteiger partial charge in [-0.3, -0.25) is 0 Å². The Kier molecular flexibility index (Phi) is 5.26. The zero-order valence-electron chi connectivity index (χ0n) is 13.7. The van der Waals surface area contributed by atoms with E-state index in [1.165, 1.54) is 43.2 Å². The predicted octanol–water partition coefficient (Wildman–Crippen LogP) is 5.22. The molecule has 1 aliphatic rings. The summed E-state index contributed by atoms with van der Waals surface area (Å²) >= 11 is 0. The van der Waals surface area contributed by atoms with Crippen LogP contribution in [0.4, 0.5) is 0 Å². The first-order chi connectivity index (χ1) is 9.58. The average molecular weight is 273 g/mol. The average Bonchev–Trinajstić information content (AvgIpc) is 2.41. The SMILES string of the molecule is CCCNC(c1ccc(C(C)(C)CC)cc1)C1CCC1. The van der Waals surface area contributed by atoms with Gasteiger partial charge in [0.15, 0.2) is 0 Å². The van der Waals surface area contributed by atoms with Gasteiger partial charge in [-0.2, -0.15) is 0 Å². The number of nitrogens with one attached hydrogen (secondary N) is 1. The summed E-state index contributed by atoms with van der Waals surface area (Å²) in [6.45, 7) is 10.3. The van der Waals surface area contributed by atoms with E-state index in [0.717, 1.165) is 12.5 Å². The minimum absolute atomic E-state index is 0.293. The van der Waals surface area contributed by atoms with E-state index in [9.17, 15) is 0 Å². The van der Waals surface area contributed by atoms with E-state index >= 15 is 0 Å². The fourth-order valence-electron chi connectivity index (χ4n) is 2.98. The zero-order chi connectivity index (χ0) is 14.6. The van der Waals surface area contributed by atoms with Crippen LogP contribution in [-0.2, 0) is 5.41 Å². The summed E-state index contributed by atoms with van der Waals surface area (Å²) in [6.07, 6.45) is 6.60. The molecule has 2 rings (SSSR count). The lowest BCUT2D eigenvalue weighted by Gasteiger charge is -2.35. The summed E-state index contributed by atoms with van der Waals surface area (Å²) in [5.74, 6) is 0.853. The van der Waals surface area contributed by atoms with Gasteiger partial charge in [0.25, 0.3) is 0 Å². The van der Waals surface area contributed by atoms with Gasteiger partial charge in [0.1, 0.15) is 0 Å². The highest BCUT2D eigenvalue weighted by Gasteiger charge is 2.28. The highest BCUT2D eigenvalue weighted by molar-refractivity contribution is 5.30. The normalized spacial score (nSPS) is 17.8. The van der Waals surface area contributed by atoms with Gasteiger partial charge in [-0.25, -0.2) is 0 Å². The molecule has 1 N–H and O–H groups in total. The molecule has 0 heterocycles. The van der Waals surface area contributed by atoms with Crippen LogP contribution in [-0.4, -0.2) is 6.54 Å². The number of rotatable bonds is 7. The summed E-state index contributed by atoms with van der Waals surface area (Å²) in [4.78, 5) is 0. The molecule has 1 aliphatic carbocycles. The Morgan fingerprint density at radius 2 is 1.80 bits per heavy atom. The van der Waals surface area contributed by atoms with Gasteiger partial charge in [0.2, 0.25) is 0 Å². The molecular formula is C19H31N. The number of hydrogen-bond acceptors (Lipinski definition) is 1. The van der Waals surface area contributed by atoms with Crippen molar-refractivity contribution < 1.29 is 0 Å². The maximum atomic E-state index is 3.76. The summed E-state index contributed by atoms with van der Waals surface area (Å²) in [7, 11) is 0. The summed E-state index contributed by atoms with van der Waals surface area (Å²) < 4.78 is 0. The molecular weight excluding hydrogens is 242 g/mol. The third kappa shape index (κ3) is 3.44. The summed E-state index contributed by atoms with van der Waals surface area (Å²) in [5.41, 5.74) is 3.24. The molecule has 1 heteroatoms. The van der Waals surface area contributed by atoms with Crippen molar-refractivity contribution in [2.45, 2.75) is 71.3 Å². The molecule has 0 saturated heterocycles. The van der Waals surface area contributed by atoms with E-state index in [0.29, 0.717) is 11.5 Å².